The molecule has 0 saturated heterocycles. The van der Waals surface area contributed by atoms with E-state index in [9.17, 15) is 8.42 Å². The van der Waals surface area contributed by atoms with E-state index < -0.39 is 21.2 Å². The Hall–Kier alpha value is -2.83. The van der Waals surface area contributed by atoms with Crippen LogP contribution in [-0.4, -0.2) is 64.2 Å². The molecule has 0 amide bonds. The van der Waals surface area contributed by atoms with Crippen LogP contribution in [-0.2, 0) is 14.8 Å². The molecule has 0 radical (unpaired) electrons. The third-order valence-corrected chi connectivity index (χ3v) is 7.23. The molecule has 178 valence electrons. The highest BCUT2D eigenvalue weighted by Gasteiger charge is 2.32. The van der Waals surface area contributed by atoms with E-state index in [0.29, 0.717) is 34.9 Å². The third-order valence-electron chi connectivity index (χ3n) is 5.18. The quantitative estimate of drug-likeness (QED) is 0.450. The van der Waals surface area contributed by atoms with Gasteiger partial charge in [-0.1, -0.05) is 24.6 Å². The number of rotatable bonds is 10. The van der Waals surface area contributed by atoms with Crippen molar-refractivity contribution in [2.24, 2.45) is 0 Å². The van der Waals surface area contributed by atoms with E-state index in [1.807, 2.05) is 6.92 Å². The highest BCUT2D eigenvalue weighted by molar-refractivity contribution is 7.93. The molecule has 0 spiro atoms. The van der Waals surface area contributed by atoms with E-state index in [-0.39, 0.29) is 12.0 Å². The molecule has 0 aliphatic rings. The van der Waals surface area contributed by atoms with Crippen LogP contribution in [0.3, 0.4) is 0 Å². The molecule has 0 aliphatic heterocycles. The molecule has 3 aromatic heterocycles. The number of ether oxygens (including phenoxy) is 2. The van der Waals surface area contributed by atoms with Gasteiger partial charge in [-0.3, -0.25) is 9.29 Å². The number of halogens is 1. The van der Waals surface area contributed by atoms with Gasteiger partial charge in [-0.25, -0.2) is 23.4 Å². The Morgan fingerprint density at radius 3 is 2.45 bits per heavy atom. The molecule has 3 heterocycles. The zero-order valence-corrected chi connectivity index (χ0v) is 20.5. The summed E-state index contributed by atoms with van der Waals surface area (Å²) in [5, 5.41) is 7.79. The molecule has 3 atom stereocenters. The maximum atomic E-state index is 13.2. The smallest absolute Gasteiger partial charge is 0.238 e. The highest BCUT2D eigenvalue weighted by Crippen LogP contribution is 2.28. The SMILES string of the molecule is COCC(C)n1c(NS(=O)(=O)C(C)C(C)c2ncc(Cl)cn2)nnc1-c1cccc(OC)n1. The number of aromatic nitrogens is 6. The molecule has 0 aromatic carbocycles. The van der Waals surface area contributed by atoms with E-state index in [1.54, 1.807) is 43.7 Å². The van der Waals surface area contributed by atoms with Crippen molar-refractivity contribution < 1.29 is 17.9 Å². The Kier molecular flexibility index (Phi) is 7.82. The molecule has 3 aromatic rings. The summed E-state index contributed by atoms with van der Waals surface area (Å²) in [6.45, 7) is 5.47. The molecule has 0 saturated carbocycles. The van der Waals surface area contributed by atoms with Gasteiger partial charge in [-0.05, 0) is 19.9 Å². The molecule has 3 unspecified atom stereocenters. The van der Waals surface area contributed by atoms with E-state index >= 15 is 0 Å². The minimum absolute atomic E-state index is 0.0512. The van der Waals surface area contributed by atoms with Crippen LogP contribution in [0.15, 0.2) is 30.6 Å². The first kappa shape index (κ1) is 24.8. The monoisotopic (exact) mass is 495 g/mol. The van der Waals surface area contributed by atoms with Crippen LogP contribution in [0.2, 0.25) is 5.02 Å². The molecular formula is C20H26ClN7O4S. The number of hydrogen-bond acceptors (Lipinski definition) is 9. The van der Waals surface area contributed by atoms with Gasteiger partial charge >= 0.3 is 0 Å². The van der Waals surface area contributed by atoms with E-state index in [0.717, 1.165) is 0 Å². The van der Waals surface area contributed by atoms with Gasteiger partial charge in [-0.15, -0.1) is 10.2 Å². The van der Waals surface area contributed by atoms with Crippen LogP contribution in [0.4, 0.5) is 5.95 Å². The van der Waals surface area contributed by atoms with Crippen molar-refractivity contribution in [3.63, 3.8) is 0 Å². The fourth-order valence-electron chi connectivity index (χ4n) is 3.18. The van der Waals surface area contributed by atoms with Gasteiger partial charge in [0, 0.05) is 31.5 Å². The van der Waals surface area contributed by atoms with Gasteiger partial charge in [0.15, 0.2) is 5.82 Å². The maximum absolute atomic E-state index is 13.2. The first-order valence-corrected chi connectivity index (χ1v) is 12.0. The largest absolute Gasteiger partial charge is 0.481 e. The van der Waals surface area contributed by atoms with E-state index in [4.69, 9.17) is 21.1 Å². The molecule has 3 rings (SSSR count). The summed E-state index contributed by atoms with van der Waals surface area (Å²) < 4.78 is 41.1. The van der Waals surface area contributed by atoms with E-state index in [2.05, 4.69) is 29.9 Å². The Labute approximate surface area is 197 Å². The lowest BCUT2D eigenvalue weighted by Gasteiger charge is -2.22. The highest BCUT2D eigenvalue weighted by atomic mass is 35.5. The number of hydrogen-bond donors (Lipinski definition) is 1. The summed E-state index contributed by atoms with van der Waals surface area (Å²) in [6, 6.07) is 4.91. The van der Waals surface area contributed by atoms with Gasteiger partial charge in [0.25, 0.3) is 0 Å². The summed E-state index contributed by atoms with van der Waals surface area (Å²) >= 11 is 5.84. The topological polar surface area (TPSA) is 134 Å². The van der Waals surface area contributed by atoms with Crippen LogP contribution in [0.1, 0.15) is 38.6 Å². The van der Waals surface area contributed by atoms with Crippen LogP contribution in [0.5, 0.6) is 5.88 Å². The molecule has 0 bridgehead atoms. The van der Waals surface area contributed by atoms with E-state index in [1.165, 1.54) is 19.5 Å². The molecule has 11 nitrogen and oxygen atoms in total. The van der Waals surface area contributed by atoms with Crippen molar-refractivity contribution in [1.29, 1.82) is 0 Å². The summed E-state index contributed by atoms with van der Waals surface area (Å²) in [4.78, 5) is 12.7. The lowest BCUT2D eigenvalue weighted by Crippen LogP contribution is -2.32. The van der Waals surface area contributed by atoms with Crippen molar-refractivity contribution >= 4 is 27.6 Å². The molecule has 13 heteroatoms. The van der Waals surface area contributed by atoms with Crippen LogP contribution >= 0.6 is 11.6 Å². The number of methoxy groups -OCH3 is 2. The predicted octanol–water partition coefficient (Wildman–Crippen LogP) is 2.93. The van der Waals surface area contributed by atoms with Crippen LogP contribution in [0, 0.1) is 0 Å². The summed E-state index contributed by atoms with van der Waals surface area (Å²) in [7, 11) is -0.825. The van der Waals surface area contributed by atoms with Gasteiger partial charge in [0.05, 0.1) is 30.0 Å². The number of nitrogens with zero attached hydrogens (tertiary/aromatic N) is 6. The Bertz CT molecular complexity index is 1190. The van der Waals surface area contributed by atoms with Crippen molar-refractivity contribution in [1.82, 2.24) is 29.7 Å². The average Bonchev–Trinajstić information content (AvgIpc) is 3.21. The lowest BCUT2D eigenvalue weighted by molar-refractivity contribution is 0.163. The first-order chi connectivity index (χ1) is 15.7. The number of nitrogens with one attached hydrogen (secondary N) is 1. The Morgan fingerprint density at radius 2 is 1.82 bits per heavy atom. The number of sulfonamides is 1. The number of anilines is 1. The predicted molar refractivity (Wildman–Crippen MR) is 124 cm³/mol. The molecule has 0 aliphatic carbocycles. The molecule has 33 heavy (non-hydrogen) atoms. The minimum Gasteiger partial charge on any atom is -0.481 e. The van der Waals surface area contributed by atoms with Gasteiger partial charge in [0.2, 0.25) is 21.9 Å². The molecule has 0 fully saturated rings. The third kappa shape index (κ3) is 5.57. The average molecular weight is 496 g/mol. The van der Waals surface area contributed by atoms with Crippen molar-refractivity contribution in [3.05, 3.63) is 41.4 Å². The Morgan fingerprint density at radius 1 is 1.12 bits per heavy atom. The summed E-state index contributed by atoms with van der Waals surface area (Å²) in [5.41, 5.74) is 0.478. The normalized spacial score (nSPS) is 14.5. The van der Waals surface area contributed by atoms with Crippen LogP contribution < -0.4 is 9.46 Å². The fourth-order valence-corrected chi connectivity index (χ4v) is 4.51. The Balaban J connectivity index is 1.96. The second kappa shape index (κ2) is 10.4. The second-order valence-corrected chi connectivity index (χ2v) is 9.96. The van der Waals surface area contributed by atoms with Crippen molar-refractivity contribution in [2.75, 3.05) is 25.5 Å². The van der Waals surface area contributed by atoms with Crippen molar-refractivity contribution in [2.45, 2.75) is 38.0 Å². The number of pyridine rings is 1. The lowest BCUT2D eigenvalue weighted by atomic mass is 10.1. The van der Waals surface area contributed by atoms with Crippen molar-refractivity contribution in [3.8, 4) is 17.4 Å². The zero-order valence-electron chi connectivity index (χ0n) is 18.9. The standard InChI is InChI=1S/C20H26ClN7O4S/c1-12(11-31-4)28-19(16-7-6-8-17(24-16)32-5)25-26-20(28)27-33(29,30)14(3)13(2)18-22-9-15(21)10-23-18/h6-10,12-14H,11H2,1-5H3,(H,26,27). The summed E-state index contributed by atoms with van der Waals surface area (Å²) in [6.07, 6.45) is 2.87. The second-order valence-electron chi connectivity index (χ2n) is 7.49. The van der Waals surface area contributed by atoms with Crippen LogP contribution in [0.25, 0.3) is 11.5 Å². The molecule has 1 N–H and O–H groups in total. The minimum atomic E-state index is -3.90. The zero-order chi connectivity index (χ0) is 24.2. The van der Waals surface area contributed by atoms with Gasteiger partial charge in [0.1, 0.15) is 11.5 Å². The van der Waals surface area contributed by atoms with Gasteiger partial charge in [-0.2, -0.15) is 0 Å². The fraction of sp³-hybridized carbons (Fsp3) is 0.450. The first-order valence-electron chi connectivity index (χ1n) is 10.1. The maximum Gasteiger partial charge on any atom is 0.238 e. The summed E-state index contributed by atoms with van der Waals surface area (Å²) in [5.74, 6) is 0.682. The van der Waals surface area contributed by atoms with Gasteiger partial charge < -0.3 is 9.47 Å². The molecular weight excluding hydrogens is 470 g/mol.